The Balaban J connectivity index is 0.000000858. The standard InChI is InChI=1S/C20H21N5O2S.C3H8/c1-27-16-8-6-14(7-9-16)18-13-22-20-24-15-4-2-5-17(12-15)28(26)23-11-3-10-21-19(18)25-20;1-3-2/h2,4-9,12-13,23H,3,10-11H2,1H3,(H2,21,22,24,25);3H2,1-2H3. The average molecular weight is 440 g/mol. The van der Waals surface area contributed by atoms with Gasteiger partial charge in [-0.05, 0) is 42.3 Å². The molecule has 3 aromatic rings. The van der Waals surface area contributed by atoms with Gasteiger partial charge in [-0.25, -0.2) is 13.9 Å². The molecule has 2 heterocycles. The van der Waals surface area contributed by atoms with Gasteiger partial charge in [-0.3, -0.25) is 0 Å². The summed E-state index contributed by atoms with van der Waals surface area (Å²) in [5.74, 6) is 2.03. The lowest BCUT2D eigenvalue weighted by molar-refractivity contribution is 0.415. The smallest absolute Gasteiger partial charge is 0.229 e. The summed E-state index contributed by atoms with van der Waals surface area (Å²) >= 11 is 0. The van der Waals surface area contributed by atoms with E-state index in [9.17, 15) is 4.21 Å². The van der Waals surface area contributed by atoms with Crippen molar-refractivity contribution in [3.8, 4) is 16.9 Å². The molecule has 0 aliphatic carbocycles. The first-order valence-electron chi connectivity index (χ1n) is 10.4. The van der Waals surface area contributed by atoms with Crippen LogP contribution in [0, 0.1) is 0 Å². The van der Waals surface area contributed by atoms with Gasteiger partial charge in [-0.15, -0.1) is 0 Å². The molecule has 164 valence electrons. The molecule has 4 bridgehead atoms. The van der Waals surface area contributed by atoms with Crippen LogP contribution in [0.3, 0.4) is 0 Å². The van der Waals surface area contributed by atoms with Gasteiger partial charge >= 0.3 is 0 Å². The van der Waals surface area contributed by atoms with Crippen LogP contribution in [-0.4, -0.2) is 34.4 Å². The molecule has 0 fully saturated rings. The van der Waals surface area contributed by atoms with E-state index in [1.54, 1.807) is 13.3 Å². The van der Waals surface area contributed by atoms with Gasteiger partial charge in [0.1, 0.15) is 22.6 Å². The normalized spacial score (nSPS) is 15.5. The van der Waals surface area contributed by atoms with Crippen LogP contribution >= 0.6 is 0 Å². The number of hydrogen-bond donors (Lipinski definition) is 3. The van der Waals surface area contributed by atoms with Crippen LogP contribution < -0.4 is 20.1 Å². The van der Waals surface area contributed by atoms with E-state index in [0.717, 1.165) is 34.8 Å². The van der Waals surface area contributed by atoms with Crippen molar-refractivity contribution in [3.63, 3.8) is 0 Å². The van der Waals surface area contributed by atoms with Gasteiger partial charge in [0.25, 0.3) is 0 Å². The lowest BCUT2D eigenvalue weighted by atomic mass is 10.1. The molecule has 3 N–H and O–H groups in total. The fraction of sp³-hybridized carbons (Fsp3) is 0.304. The number of aromatic nitrogens is 2. The number of anilines is 3. The number of nitrogens with zero attached hydrogens (tertiary/aromatic N) is 2. The maximum Gasteiger partial charge on any atom is 0.229 e. The molecular formula is C23H29N5O2S. The highest BCUT2D eigenvalue weighted by Crippen LogP contribution is 2.29. The van der Waals surface area contributed by atoms with Crippen molar-refractivity contribution >= 4 is 28.4 Å². The summed E-state index contributed by atoms with van der Waals surface area (Å²) in [6, 6.07) is 15.2. The third kappa shape index (κ3) is 6.26. The Hall–Kier alpha value is -2.97. The Morgan fingerprint density at radius 3 is 2.61 bits per heavy atom. The molecule has 1 atom stereocenters. The van der Waals surface area contributed by atoms with Crippen molar-refractivity contribution in [2.45, 2.75) is 31.6 Å². The Morgan fingerprint density at radius 1 is 1.10 bits per heavy atom. The second-order valence-electron chi connectivity index (χ2n) is 6.99. The number of methoxy groups -OCH3 is 1. The predicted molar refractivity (Wildman–Crippen MR) is 127 cm³/mol. The lowest BCUT2D eigenvalue weighted by Crippen LogP contribution is -2.20. The van der Waals surface area contributed by atoms with Crippen molar-refractivity contribution in [3.05, 3.63) is 54.7 Å². The van der Waals surface area contributed by atoms with Crippen molar-refractivity contribution < 1.29 is 8.95 Å². The van der Waals surface area contributed by atoms with E-state index in [4.69, 9.17) is 4.74 Å². The number of nitrogens with one attached hydrogen (secondary N) is 3. The molecule has 0 saturated heterocycles. The molecule has 1 aliphatic rings. The number of benzene rings is 2. The van der Waals surface area contributed by atoms with Gasteiger partial charge in [0.15, 0.2) is 0 Å². The molecule has 1 aliphatic heterocycles. The van der Waals surface area contributed by atoms with E-state index in [-0.39, 0.29) is 0 Å². The first-order valence-corrected chi connectivity index (χ1v) is 11.6. The number of hydrogen-bond acceptors (Lipinski definition) is 6. The molecule has 31 heavy (non-hydrogen) atoms. The summed E-state index contributed by atoms with van der Waals surface area (Å²) in [4.78, 5) is 9.85. The molecule has 0 amide bonds. The summed E-state index contributed by atoms with van der Waals surface area (Å²) in [6.45, 7) is 5.58. The van der Waals surface area contributed by atoms with Crippen molar-refractivity contribution in [1.29, 1.82) is 0 Å². The maximum atomic E-state index is 12.4. The molecule has 0 saturated carbocycles. The molecule has 4 rings (SSSR count). The predicted octanol–water partition coefficient (Wildman–Crippen LogP) is 4.74. The summed E-state index contributed by atoms with van der Waals surface area (Å²) in [5, 5.41) is 6.57. The van der Waals surface area contributed by atoms with E-state index in [0.29, 0.717) is 23.9 Å². The topological polar surface area (TPSA) is 88.2 Å². The highest BCUT2D eigenvalue weighted by Gasteiger charge is 2.12. The van der Waals surface area contributed by atoms with Crippen molar-refractivity contribution in [1.82, 2.24) is 14.7 Å². The molecule has 8 heteroatoms. The minimum absolute atomic E-state index is 0.481. The van der Waals surface area contributed by atoms with Crippen molar-refractivity contribution in [2.24, 2.45) is 0 Å². The van der Waals surface area contributed by atoms with E-state index in [1.165, 1.54) is 6.42 Å². The van der Waals surface area contributed by atoms with Crippen LogP contribution in [-0.2, 0) is 11.0 Å². The highest BCUT2D eigenvalue weighted by molar-refractivity contribution is 7.83. The first-order chi connectivity index (χ1) is 15.1. The molecule has 7 nitrogen and oxygen atoms in total. The largest absolute Gasteiger partial charge is 0.497 e. The van der Waals surface area contributed by atoms with Crippen molar-refractivity contribution in [2.75, 3.05) is 30.8 Å². The highest BCUT2D eigenvalue weighted by atomic mass is 32.2. The van der Waals surface area contributed by atoms with Gasteiger partial charge in [0.2, 0.25) is 5.95 Å². The lowest BCUT2D eigenvalue weighted by Gasteiger charge is -2.13. The zero-order valence-electron chi connectivity index (χ0n) is 18.1. The van der Waals surface area contributed by atoms with E-state index < -0.39 is 11.0 Å². The van der Waals surface area contributed by atoms with Gasteiger partial charge in [0.05, 0.1) is 12.0 Å². The second-order valence-corrected chi connectivity index (χ2v) is 8.29. The minimum atomic E-state index is -1.25. The van der Waals surface area contributed by atoms with Crippen LogP contribution in [0.2, 0.25) is 0 Å². The molecular weight excluding hydrogens is 410 g/mol. The fourth-order valence-electron chi connectivity index (χ4n) is 2.92. The van der Waals surface area contributed by atoms with Crippen LogP contribution in [0.5, 0.6) is 5.75 Å². The molecule has 0 radical (unpaired) electrons. The summed E-state index contributed by atoms with van der Waals surface area (Å²) in [5.41, 5.74) is 2.70. The average Bonchev–Trinajstić information content (AvgIpc) is 2.80. The summed E-state index contributed by atoms with van der Waals surface area (Å²) in [6.07, 6.45) is 3.86. The Labute approximate surface area is 186 Å². The van der Waals surface area contributed by atoms with E-state index in [1.807, 2.05) is 48.5 Å². The van der Waals surface area contributed by atoms with Gasteiger partial charge in [-0.2, -0.15) is 4.98 Å². The monoisotopic (exact) mass is 439 g/mol. The van der Waals surface area contributed by atoms with Crippen LogP contribution in [0.1, 0.15) is 26.7 Å². The van der Waals surface area contributed by atoms with Crippen LogP contribution in [0.4, 0.5) is 17.5 Å². The third-order valence-corrected chi connectivity index (χ3v) is 5.52. The zero-order chi connectivity index (χ0) is 22.1. The Kier molecular flexibility index (Phi) is 8.37. The maximum absolute atomic E-state index is 12.4. The van der Waals surface area contributed by atoms with Gasteiger partial charge in [0, 0.05) is 30.5 Å². The minimum Gasteiger partial charge on any atom is -0.497 e. The summed E-state index contributed by atoms with van der Waals surface area (Å²) in [7, 11) is 0.400. The second kappa shape index (κ2) is 11.4. The molecule has 2 aromatic carbocycles. The number of ether oxygens (including phenoxy) is 1. The number of fused-ring (bicyclic) bond motifs is 4. The fourth-order valence-corrected chi connectivity index (χ4v) is 3.85. The van der Waals surface area contributed by atoms with Gasteiger partial charge in [-0.1, -0.05) is 38.5 Å². The summed E-state index contributed by atoms with van der Waals surface area (Å²) < 4.78 is 20.7. The van der Waals surface area contributed by atoms with E-state index >= 15 is 0 Å². The first kappa shape index (κ1) is 22.7. The molecule has 0 spiro atoms. The van der Waals surface area contributed by atoms with Crippen LogP contribution in [0.25, 0.3) is 11.1 Å². The zero-order valence-corrected chi connectivity index (χ0v) is 19.0. The van der Waals surface area contributed by atoms with Gasteiger partial charge < -0.3 is 15.4 Å². The number of rotatable bonds is 2. The Morgan fingerprint density at radius 2 is 1.87 bits per heavy atom. The Bertz CT molecular complexity index is 1010. The van der Waals surface area contributed by atoms with E-state index in [2.05, 4.69) is 39.2 Å². The quantitative estimate of drug-likeness (QED) is 0.535. The third-order valence-electron chi connectivity index (χ3n) is 4.37. The molecule has 1 aromatic heterocycles. The van der Waals surface area contributed by atoms with Crippen LogP contribution in [0.15, 0.2) is 59.6 Å². The SMILES string of the molecule is CCC.COc1ccc(-c2cnc3nc2NCCCNS(=O)c2cccc(c2)N3)cc1. The molecule has 1 unspecified atom stereocenters.